The lowest BCUT2D eigenvalue weighted by atomic mass is 9.76. The van der Waals surface area contributed by atoms with E-state index in [9.17, 15) is 14.7 Å². The first kappa shape index (κ1) is 21.3. The van der Waals surface area contributed by atoms with Crippen LogP contribution in [-0.2, 0) is 14.3 Å². The SMILES string of the molecule is C=C(C(=O)OC)[C@@H]1CC[C@H](C)[C@H]2C(=C(C)C(=O)[C@@H]2[C@@H](O)c2ccc(OC)cc2)C1. The van der Waals surface area contributed by atoms with Gasteiger partial charge in [-0.05, 0) is 67.2 Å². The molecule has 1 fully saturated rings. The topological polar surface area (TPSA) is 72.8 Å². The zero-order chi connectivity index (χ0) is 21.3. The molecule has 2 aliphatic carbocycles. The highest BCUT2D eigenvalue weighted by Crippen LogP contribution is 2.51. The Balaban J connectivity index is 1.91. The molecule has 0 aliphatic heterocycles. The van der Waals surface area contributed by atoms with Gasteiger partial charge < -0.3 is 14.6 Å². The number of aliphatic hydroxyl groups excluding tert-OH is 1. The summed E-state index contributed by atoms with van der Waals surface area (Å²) in [7, 11) is 2.96. The largest absolute Gasteiger partial charge is 0.497 e. The summed E-state index contributed by atoms with van der Waals surface area (Å²) in [4.78, 5) is 25.2. The molecule has 0 unspecified atom stereocenters. The van der Waals surface area contributed by atoms with Gasteiger partial charge in [-0.25, -0.2) is 4.79 Å². The Morgan fingerprint density at radius 3 is 2.45 bits per heavy atom. The van der Waals surface area contributed by atoms with Crippen molar-refractivity contribution in [3.05, 3.63) is 53.1 Å². The van der Waals surface area contributed by atoms with Crippen LogP contribution in [0.3, 0.4) is 0 Å². The number of ether oxygens (including phenoxy) is 2. The number of esters is 1. The van der Waals surface area contributed by atoms with Gasteiger partial charge in [0.05, 0.1) is 26.2 Å². The van der Waals surface area contributed by atoms with Crippen molar-refractivity contribution in [3.8, 4) is 5.75 Å². The lowest BCUT2D eigenvalue weighted by molar-refractivity contribution is -0.136. The molecular weight excluding hydrogens is 368 g/mol. The normalized spacial score (nSPS) is 27.8. The van der Waals surface area contributed by atoms with Crippen LogP contribution in [0.4, 0.5) is 0 Å². The van der Waals surface area contributed by atoms with E-state index in [2.05, 4.69) is 13.5 Å². The summed E-state index contributed by atoms with van der Waals surface area (Å²) in [5, 5.41) is 11.1. The third-order valence-electron chi connectivity index (χ3n) is 6.73. The third kappa shape index (κ3) is 3.88. The fraction of sp³-hybridized carbons (Fsp3) is 0.500. The van der Waals surface area contributed by atoms with Gasteiger partial charge >= 0.3 is 5.97 Å². The minimum absolute atomic E-state index is 0.00417. The monoisotopic (exact) mass is 398 g/mol. The van der Waals surface area contributed by atoms with Gasteiger partial charge in [-0.2, -0.15) is 0 Å². The average Bonchev–Trinajstić information content (AvgIpc) is 2.87. The first-order valence-electron chi connectivity index (χ1n) is 10.1. The molecule has 0 heterocycles. The second-order valence-electron chi connectivity index (χ2n) is 8.26. The Kier molecular flexibility index (Phi) is 6.27. The smallest absolute Gasteiger partial charge is 0.333 e. The van der Waals surface area contributed by atoms with Crippen molar-refractivity contribution in [2.24, 2.45) is 23.7 Å². The van der Waals surface area contributed by atoms with Crippen LogP contribution in [0.1, 0.15) is 44.8 Å². The second kappa shape index (κ2) is 8.54. The third-order valence-corrected chi connectivity index (χ3v) is 6.73. The van der Waals surface area contributed by atoms with E-state index in [-0.39, 0.29) is 23.5 Å². The fourth-order valence-electron chi connectivity index (χ4n) is 4.98. The van der Waals surface area contributed by atoms with E-state index in [1.165, 1.54) is 7.11 Å². The van der Waals surface area contributed by atoms with E-state index in [4.69, 9.17) is 9.47 Å². The molecule has 1 aromatic carbocycles. The lowest BCUT2D eigenvalue weighted by Gasteiger charge is -2.29. The van der Waals surface area contributed by atoms with Gasteiger partial charge in [0.2, 0.25) is 0 Å². The molecular formula is C24H30O5. The number of carbonyl (C=O) groups excluding carboxylic acids is 2. The highest BCUT2D eigenvalue weighted by molar-refractivity contribution is 6.01. The Morgan fingerprint density at radius 2 is 1.86 bits per heavy atom. The van der Waals surface area contributed by atoms with Crippen LogP contribution in [0.25, 0.3) is 0 Å². The van der Waals surface area contributed by atoms with Crippen molar-refractivity contribution >= 4 is 11.8 Å². The Morgan fingerprint density at radius 1 is 1.21 bits per heavy atom. The van der Waals surface area contributed by atoms with Gasteiger partial charge in [0.1, 0.15) is 5.75 Å². The maximum absolute atomic E-state index is 13.2. The summed E-state index contributed by atoms with van der Waals surface area (Å²) in [6, 6.07) is 7.22. The van der Waals surface area contributed by atoms with Crippen molar-refractivity contribution in [2.75, 3.05) is 14.2 Å². The van der Waals surface area contributed by atoms with Gasteiger partial charge in [-0.1, -0.05) is 31.2 Å². The van der Waals surface area contributed by atoms with Crippen LogP contribution >= 0.6 is 0 Å². The van der Waals surface area contributed by atoms with Gasteiger partial charge in [0, 0.05) is 5.57 Å². The van der Waals surface area contributed by atoms with Gasteiger partial charge in [0.15, 0.2) is 5.78 Å². The number of rotatable bonds is 5. The molecule has 2 aliphatic rings. The molecule has 5 nitrogen and oxygen atoms in total. The number of methoxy groups -OCH3 is 2. The highest BCUT2D eigenvalue weighted by Gasteiger charge is 2.48. The quantitative estimate of drug-likeness (QED) is 0.599. The van der Waals surface area contributed by atoms with Crippen LogP contribution in [0.5, 0.6) is 5.75 Å². The number of Topliss-reactive ketones (excluding diaryl/α,β-unsaturated/α-hetero) is 1. The number of aliphatic hydroxyl groups is 1. The van der Waals surface area contributed by atoms with Gasteiger partial charge in [-0.15, -0.1) is 0 Å². The first-order chi connectivity index (χ1) is 13.8. The molecule has 0 spiro atoms. The predicted octanol–water partition coefficient (Wildman–Crippen LogP) is 4.03. The lowest BCUT2D eigenvalue weighted by Crippen LogP contribution is -2.29. The number of allylic oxidation sites excluding steroid dienone is 2. The maximum Gasteiger partial charge on any atom is 0.333 e. The van der Waals surface area contributed by atoms with E-state index in [1.54, 1.807) is 19.2 Å². The van der Waals surface area contributed by atoms with Crippen LogP contribution < -0.4 is 4.74 Å². The molecule has 3 rings (SSSR count). The molecule has 1 saturated carbocycles. The number of benzene rings is 1. The summed E-state index contributed by atoms with van der Waals surface area (Å²) in [6.07, 6.45) is 1.42. The molecule has 0 radical (unpaired) electrons. The highest BCUT2D eigenvalue weighted by atomic mass is 16.5. The van der Waals surface area contributed by atoms with Crippen molar-refractivity contribution in [3.63, 3.8) is 0 Å². The van der Waals surface area contributed by atoms with Gasteiger partial charge in [-0.3, -0.25) is 4.79 Å². The number of hydrogen-bond donors (Lipinski definition) is 1. The molecule has 5 atom stereocenters. The fourth-order valence-corrected chi connectivity index (χ4v) is 4.98. The number of hydrogen-bond acceptors (Lipinski definition) is 5. The summed E-state index contributed by atoms with van der Waals surface area (Å²) in [6.45, 7) is 7.93. The number of carbonyl (C=O) groups is 2. The Hall–Kier alpha value is -2.40. The maximum atomic E-state index is 13.2. The summed E-state index contributed by atoms with van der Waals surface area (Å²) < 4.78 is 10.0. The Labute approximate surface area is 172 Å². The predicted molar refractivity (Wildman–Crippen MR) is 110 cm³/mol. The standard InChI is InChI=1S/C24H30O5/c1-13-6-7-17(14(2)24(27)29-5)12-19-15(3)22(25)21(20(13)19)23(26)16-8-10-18(28-4)11-9-16/h8-11,13,17,20-21,23,26H,2,6-7,12H2,1,3-5H3/t13-,17+,20-,21+,23-/m0/s1. The number of ketones is 1. The Bertz CT molecular complexity index is 835. The van der Waals surface area contributed by atoms with Crippen molar-refractivity contribution in [1.29, 1.82) is 0 Å². The molecule has 1 N–H and O–H groups in total. The van der Waals surface area contributed by atoms with E-state index in [1.807, 2.05) is 19.1 Å². The van der Waals surface area contributed by atoms with Crippen LogP contribution in [0, 0.1) is 23.7 Å². The van der Waals surface area contributed by atoms with Crippen molar-refractivity contribution in [2.45, 2.75) is 39.2 Å². The number of fused-ring (bicyclic) bond motifs is 1. The minimum atomic E-state index is -0.881. The van der Waals surface area contributed by atoms with E-state index in [0.29, 0.717) is 23.3 Å². The minimum Gasteiger partial charge on any atom is -0.497 e. The average molecular weight is 398 g/mol. The zero-order valence-corrected chi connectivity index (χ0v) is 17.6. The molecule has 0 amide bonds. The first-order valence-corrected chi connectivity index (χ1v) is 10.1. The molecule has 0 saturated heterocycles. The van der Waals surface area contributed by atoms with Crippen molar-refractivity contribution in [1.82, 2.24) is 0 Å². The van der Waals surface area contributed by atoms with Crippen LogP contribution in [-0.4, -0.2) is 31.1 Å². The van der Waals surface area contributed by atoms with Crippen molar-refractivity contribution < 1.29 is 24.2 Å². The van der Waals surface area contributed by atoms with Crippen LogP contribution in [0.2, 0.25) is 0 Å². The van der Waals surface area contributed by atoms with E-state index < -0.39 is 18.0 Å². The molecule has 156 valence electrons. The van der Waals surface area contributed by atoms with Crippen LogP contribution in [0.15, 0.2) is 47.6 Å². The van der Waals surface area contributed by atoms with E-state index >= 15 is 0 Å². The molecule has 0 bridgehead atoms. The summed E-state index contributed by atoms with van der Waals surface area (Å²) >= 11 is 0. The van der Waals surface area contributed by atoms with Gasteiger partial charge in [0.25, 0.3) is 0 Å². The second-order valence-corrected chi connectivity index (χ2v) is 8.26. The molecule has 1 aromatic rings. The molecule has 0 aromatic heterocycles. The summed E-state index contributed by atoms with van der Waals surface area (Å²) in [5.74, 6) is -0.0263. The van der Waals surface area contributed by atoms with E-state index in [0.717, 1.165) is 24.0 Å². The zero-order valence-electron chi connectivity index (χ0n) is 17.6. The summed E-state index contributed by atoms with van der Waals surface area (Å²) in [5.41, 5.74) is 2.97. The molecule has 5 heteroatoms. The molecule has 29 heavy (non-hydrogen) atoms.